The topological polar surface area (TPSA) is 78.1 Å². The van der Waals surface area contributed by atoms with Gasteiger partial charge in [-0.25, -0.2) is 0 Å². The summed E-state index contributed by atoms with van der Waals surface area (Å²) in [5.74, 6) is -0.234. The Labute approximate surface area is 99.4 Å². The lowest BCUT2D eigenvalue weighted by atomic mass is 10.1. The van der Waals surface area contributed by atoms with E-state index in [1.165, 1.54) is 4.90 Å². The summed E-state index contributed by atoms with van der Waals surface area (Å²) in [4.78, 5) is 24.7. The standard InChI is InChI=1S/C11H16N4O2/c1-3-15-10(16)4-9(11(15)17)14-7(2)8-5-12-13-6-8/h5-7,9,14H,3-4H2,1-2H3,(H,12,13). The number of nitrogens with zero attached hydrogens (tertiary/aromatic N) is 2. The van der Waals surface area contributed by atoms with Crippen molar-refractivity contribution in [1.29, 1.82) is 0 Å². The van der Waals surface area contributed by atoms with Crippen LogP contribution in [0.2, 0.25) is 0 Å². The molecule has 0 radical (unpaired) electrons. The first-order chi connectivity index (χ1) is 8.13. The Morgan fingerprint density at radius 3 is 2.94 bits per heavy atom. The zero-order valence-electron chi connectivity index (χ0n) is 9.93. The minimum Gasteiger partial charge on any atom is -0.299 e. The molecule has 1 aromatic heterocycles. The molecular weight excluding hydrogens is 220 g/mol. The molecule has 2 atom stereocenters. The number of carbonyl (C=O) groups is 2. The molecule has 2 unspecified atom stereocenters. The third-order valence-electron chi connectivity index (χ3n) is 3.03. The van der Waals surface area contributed by atoms with Crippen molar-refractivity contribution in [2.24, 2.45) is 0 Å². The van der Waals surface area contributed by atoms with Crippen LogP contribution in [-0.4, -0.2) is 39.5 Å². The number of hydrogen-bond acceptors (Lipinski definition) is 4. The van der Waals surface area contributed by atoms with E-state index in [9.17, 15) is 9.59 Å². The quantitative estimate of drug-likeness (QED) is 0.732. The van der Waals surface area contributed by atoms with E-state index in [4.69, 9.17) is 0 Å². The SMILES string of the molecule is CCN1C(=O)CC(NC(C)c2cn[nH]c2)C1=O. The van der Waals surface area contributed by atoms with Crippen molar-refractivity contribution >= 4 is 11.8 Å². The van der Waals surface area contributed by atoms with Crippen LogP contribution in [0.3, 0.4) is 0 Å². The van der Waals surface area contributed by atoms with Gasteiger partial charge >= 0.3 is 0 Å². The molecule has 0 aliphatic carbocycles. The summed E-state index contributed by atoms with van der Waals surface area (Å²) in [5, 5.41) is 9.73. The van der Waals surface area contributed by atoms with Crippen LogP contribution in [0.5, 0.6) is 0 Å². The molecule has 2 rings (SSSR count). The average molecular weight is 236 g/mol. The van der Waals surface area contributed by atoms with Crippen molar-refractivity contribution in [1.82, 2.24) is 20.4 Å². The van der Waals surface area contributed by atoms with E-state index in [0.717, 1.165) is 5.56 Å². The van der Waals surface area contributed by atoms with Crippen LogP contribution in [0.1, 0.15) is 31.9 Å². The first kappa shape index (κ1) is 11.8. The van der Waals surface area contributed by atoms with Gasteiger partial charge < -0.3 is 0 Å². The van der Waals surface area contributed by atoms with E-state index in [0.29, 0.717) is 6.54 Å². The normalized spacial score (nSPS) is 22.2. The number of aromatic nitrogens is 2. The molecule has 0 saturated carbocycles. The summed E-state index contributed by atoms with van der Waals surface area (Å²) in [6, 6.07) is -0.417. The highest BCUT2D eigenvalue weighted by Gasteiger charge is 2.37. The van der Waals surface area contributed by atoms with Crippen LogP contribution in [0.4, 0.5) is 0 Å². The lowest BCUT2D eigenvalue weighted by molar-refractivity contribution is -0.138. The fourth-order valence-electron chi connectivity index (χ4n) is 2.04. The van der Waals surface area contributed by atoms with Crippen molar-refractivity contribution in [3.63, 3.8) is 0 Å². The van der Waals surface area contributed by atoms with E-state index < -0.39 is 6.04 Å². The molecule has 6 heteroatoms. The number of nitrogens with one attached hydrogen (secondary N) is 2. The first-order valence-corrected chi connectivity index (χ1v) is 5.72. The van der Waals surface area contributed by atoms with Crippen LogP contribution in [0, 0.1) is 0 Å². The third-order valence-corrected chi connectivity index (χ3v) is 3.03. The van der Waals surface area contributed by atoms with Crippen LogP contribution < -0.4 is 5.32 Å². The van der Waals surface area contributed by atoms with Gasteiger partial charge in [0.25, 0.3) is 0 Å². The van der Waals surface area contributed by atoms with E-state index in [1.54, 1.807) is 19.3 Å². The number of H-pyrrole nitrogens is 1. The highest BCUT2D eigenvalue weighted by molar-refractivity contribution is 6.05. The maximum absolute atomic E-state index is 11.9. The molecule has 92 valence electrons. The zero-order valence-corrected chi connectivity index (χ0v) is 9.93. The fourth-order valence-corrected chi connectivity index (χ4v) is 2.04. The van der Waals surface area contributed by atoms with Crippen LogP contribution in [0.15, 0.2) is 12.4 Å². The second-order valence-electron chi connectivity index (χ2n) is 4.15. The monoisotopic (exact) mass is 236 g/mol. The number of aromatic amines is 1. The van der Waals surface area contributed by atoms with Gasteiger partial charge in [-0.05, 0) is 13.8 Å². The number of carbonyl (C=O) groups excluding carboxylic acids is 2. The summed E-state index contributed by atoms with van der Waals surface area (Å²) in [5.41, 5.74) is 0.972. The Hall–Kier alpha value is -1.69. The lowest BCUT2D eigenvalue weighted by Gasteiger charge is -2.17. The molecule has 6 nitrogen and oxygen atoms in total. The lowest BCUT2D eigenvalue weighted by Crippen LogP contribution is -2.39. The fraction of sp³-hybridized carbons (Fsp3) is 0.545. The minimum atomic E-state index is -0.410. The van der Waals surface area contributed by atoms with Crippen molar-refractivity contribution in [2.75, 3.05) is 6.54 Å². The largest absolute Gasteiger partial charge is 0.299 e. The average Bonchev–Trinajstić information content (AvgIpc) is 2.89. The molecule has 1 saturated heterocycles. The number of rotatable bonds is 4. The van der Waals surface area contributed by atoms with Gasteiger partial charge in [-0.2, -0.15) is 5.10 Å². The van der Waals surface area contributed by atoms with Gasteiger partial charge in [-0.3, -0.25) is 24.9 Å². The number of imide groups is 1. The first-order valence-electron chi connectivity index (χ1n) is 5.72. The van der Waals surface area contributed by atoms with Crippen LogP contribution in [0.25, 0.3) is 0 Å². The molecule has 1 aromatic rings. The maximum atomic E-state index is 11.9. The van der Waals surface area contributed by atoms with E-state index in [1.807, 2.05) is 6.92 Å². The van der Waals surface area contributed by atoms with Crippen molar-refractivity contribution in [2.45, 2.75) is 32.4 Å². The second kappa shape index (κ2) is 4.67. The molecule has 2 amide bonds. The van der Waals surface area contributed by atoms with E-state index in [-0.39, 0.29) is 24.3 Å². The number of hydrogen-bond donors (Lipinski definition) is 2. The number of amides is 2. The minimum absolute atomic E-state index is 0.00712. The summed E-state index contributed by atoms with van der Waals surface area (Å²) in [7, 11) is 0. The van der Waals surface area contributed by atoms with Gasteiger partial charge in [-0.15, -0.1) is 0 Å². The smallest absolute Gasteiger partial charge is 0.246 e. The van der Waals surface area contributed by atoms with Gasteiger partial charge in [0.1, 0.15) is 0 Å². The molecule has 0 spiro atoms. The second-order valence-corrected chi connectivity index (χ2v) is 4.15. The molecule has 0 aromatic carbocycles. The van der Waals surface area contributed by atoms with Gasteiger partial charge in [0.05, 0.1) is 18.7 Å². The summed E-state index contributed by atoms with van der Waals surface area (Å²) < 4.78 is 0. The van der Waals surface area contributed by atoms with Crippen molar-refractivity contribution in [3.05, 3.63) is 18.0 Å². The van der Waals surface area contributed by atoms with Gasteiger partial charge in [0, 0.05) is 24.3 Å². The van der Waals surface area contributed by atoms with E-state index in [2.05, 4.69) is 15.5 Å². The predicted molar refractivity (Wildman–Crippen MR) is 60.9 cm³/mol. The molecule has 1 fully saturated rings. The van der Waals surface area contributed by atoms with Gasteiger partial charge in [0.2, 0.25) is 11.8 Å². The highest BCUT2D eigenvalue weighted by Crippen LogP contribution is 2.17. The summed E-state index contributed by atoms with van der Waals surface area (Å²) >= 11 is 0. The van der Waals surface area contributed by atoms with Crippen molar-refractivity contribution in [3.8, 4) is 0 Å². The molecule has 1 aliphatic heterocycles. The molecule has 2 N–H and O–H groups in total. The summed E-state index contributed by atoms with van der Waals surface area (Å²) in [6.45, 7) is 4.19. The Kier molecular flexibility index (Phi) is 3.23. The third kappa shape index (κ3) is 2.21. The maximum Gasteiger partial charge on any atom is 0.246 e. The van der Waals surface area contributed by atoms with Crippen LogP contribution in [-0.2, 0) is 9.59 Å². The molecule has 2 heterocycles. The highest BCUT2D eigenvalue weighted by atomic mass is 16.2. The summed E-state index contributed by atoms with van der Waals surface area (Å²) in [6.07, 6.45) is 3.72. The molecular formula is C11H16N4O2. The zero-order chi connectivity index (χ0) is 12.4. The van der Waals surface area contributed by atoms with E-state index >= 15 is 0 Å². The molecule has 17 heavy (non-hydrogen) atoms. The Balaban J connectivity index is 2.01. The Bertz CT molecular complexity index is 415. The van der Waals surface area contributed by atoms with Crippen molar-refractivity contribution < 1.29 is 9.59 Å². The van der Waals surface area contributed by atoms with Gasteiger partial charge in [-0.1, -0.05) is 0 Å². The Morgan fingerprint density at radius 1 is 1.65 bits per heavy atom. The molecule has 0 bridgehead atoms. The Morgan fingerprint density at radius 2 is 2.41 bits per heavy atom. The van der Waals surface area contributed by atoms with Gasteiger partial charge in [0.15, 0.2) is 0 Å². The predicted octanol–water partition coefficient (Wildman–Crippen LogP) is 0.208. The van der Waals surface area contributed by atoms with Crippen LogP contribution >= 0.6 is 0 Å². The number of likely N-dealkylation sites (N-methyl/N-ethyl adjacent to an activating group) is 1. The molecule has 1 aliphatic rings. The number of likely N-dealkylation sites (tertiary alicyclic amines) is 1.